The molecule has 1 aliphatic heterocycles. The smallest absolute Gasteiger partial charge is 0.191 e. The maximum Gasteiger partial charge on any atom is 0.191 e. The molecule has 170 valence electrons. The largest absolute Gasteiger partial charge is 0.357 e. The number of benzene rings is 1. The summed E-state index contributed by atoms with van der Waals surface area (Å²) in [6, 6.07) is 7.65. The standard InChI is InChI=1S/C23H40N4O2S/c1-5-20(6-2)22(27-16-8-9-17-27)18-26-23(24-7-3)25-15-14-19-10-12-21(13-11-19)30(4,28)29/h10-13,20,22H,5-9,14-18H2,1-4H3,(H2,24,25,26). The highest BCUT2D eigenvalue weighted by atomic mass is 32.2. The van der Waals surface area contributed by atoms with Crippen molar-refractivity contribution in [1.82, 2.24) is 15.5 Å². The molecule has 2 rings (SSSR count). The van der Waals surface area contributed by atoms with Crippen LogP contribution in [0.1, 0.15) is 52.0 Å². The third kappa shape index (κ3) is 7.58. The van der Waals surface area contributed by atoms with Crippen LogP contribution in [0.5, 0.6) is 0 Å². The highest BCUT2D eigenvalue weighted by Gasteiger charge is 2.27. The molecule has 0 spiro atoms. The van der Waals surface area contributed by atoms with Crippen molar-refractivity contribution in [3.05, 3.63) is 29.8 Å². The fourth-order valence-corrected chi connectivity index (χ4v) is 4.85. The van der Waals surface area contributed by atoms with Crippen molar-refractivity contribution in [2.75, 3.05) is 39.0 Å². The number of likely N-dealkylation sites (tertiary alicyclic amines) is 1. The van der Waals surface area contributed by atoms with Gasteiger partial charge in [-0.3, -0.25) is 9.89 Å². The quantitative estimate of drug-likeness (QED) is 0.412. The lowest BCUT2D eigenvalue weighted by Crippen LogP contribution is -2.43. The average molecular weight is 437 g/mol. The van der Waals surface area contributed by atoms with Gasteiger partial charge in [-0.05, 0) is 62.9 Å². The van der Waals surface area contributed by atoms with Crippen molar-refractivity contribution in [3.8, 4) is 0 Å². The molecule has 1 unspecified atom stereocenters. The van der Waals surface area contributed by atoms with Crippen molar-refractivity contribution in [2.24, 2.45) is 10.9 Å². The van der Waals surface area contributed by atoms with Gasteiger partial charge in [0.1, 0.15) is 0 Å². The Hall–Kier alpha value is -1.60. The number of aliphatic imine (C=N–C) groups is 1. The Morgan fingerprint density at radius 2 is 1.70 bits per heavy atom. The van der Waals surface area contributed by atoms with E-state index in [-0.39, 0.29) is 0 Å². The molecule has 0 amide bonds. The van der Waals surface area contributed by atoms with E-state index in [0.717, 1.165) is 37.6 Å². The van der Waals surface area contributed by atoms with Crippen LogP contribution in [-0.4, -0.2) is 64.3 Å². The highest BCUT2D eigenvalue weighted by Crippen LogP contribution is 2.23. The molecule has 0 aliphatic carbocycles. The fraction of sp³-hybridized carbons (Fsp3) is 0.696. The third-order valence-electron chi connectivity index (χ3n) is 6.04. The van der Waals surface area contributed by atoms with Gasteiger partial charge in [0.2, 0.25) is 0 Å². The Morgan fingerprint density at radius 1 is 1.07 bits per heavy atom. The van der Waals surface area contributed by atoms with Crippen LogP contribution < -0.4 is 10.6 Å². The molecule has 0 saturated carbocycles. The number of sulfone groups is 1. The van der Waals surface area contributed by atoms with Crippen LogP contribution in [0.4, 0.5) is 0 Å². The molecule has 0 bridgehead atoms. The van der Waals surface area contributed by atoms with Crippen LogP contribution in [0.15, 0.2) is 34.2 Å². The molecular formula is C23H40N4O2S. The van der Waals surface area contributed by atoms with Crippen LogP contribution in [0.3, 0.4) is 0 Å². The molecule has 0 aromatic heterocycles. The van der Waals surface area contributed by atoms with Crippen molar-refractivity contribution >= 4 is 15.8 Å². The second kappa shape index (κ2) is 12.3. The monoisotopic (exact) mass is 436 g/mol. The van der Waals surface area contributed by atoms with Crippen LogP contribution >= 0.6 is 0 Å². The summed E-state index contributed by atoms with van der Waals surface area (Å²) in [5, 5.41) is 6.80. The molecule has 7 heteroatoms. The van der Waals surface area contributed by atoms with Crippen molar-refractivity contribution < 1.29 is 8.42 Å². The predicted octanol–water partition coefficient (Wildman–Crippen LogP) is 3.09. The van der Waals surface area contributed by atoms with Gasteiger partial charge in [-0.25, -0.2) is 8.42 Å². The first-order valence-corrected chi connectivity index (χ1v) is 13.3. The van der Waals surface area contributed by atoms with Gasteiger partial charge in [0.15, 0.2) is 15.8 Å². The molecule has 30 heavy (non-hydrogen) atoms. The van der Waals surface area contributed by atoms with Crippen LogP contribution in [0, 0.1) is 5.92 Å². The zero-order valence-electron chi connectivity index (χ0n) is 19.2. The molecule has 1 aromatic rings. The topological polar surface area (TPSA) is 73.8 Å². The molecular weight excluding hydrogens is 396 g/mol. The third-order valence-corrected chi connectivity index (χ3v) is 7.17. The first-order chi connectivity index (χ1) is 14.4. The number of nitrogens with one attached hydrogen (secondary N) is 2. The van der Waals surface area contributed by atoms with Gasteiger partial charge in [0.05, 0.1) is 11.4 Å². The van der Waals surface area contributed by atoms with Crippen molar-refractivity contribution in [1.29, 1.82) is 0 Å². The second-order valence-electron chi connectivity index (χ2n) is 8.20. The molecule has 6 nitrogen and oxygen atoms in total. The van der Waals surface area contributed by atoms with Gasteiger partial charge < -0.3 is 10.6 Å². The van der Waals surface area contributed by atoms with E-state index in [2.05, 4.69) is 36.3 Å². The Labute approximate surface area is 183 Å². The molecule has 1 aromatic carbocycles. The van der Waals surface area contributed by atoms with E-state index in [1.165, 1.54) is 45.0 Å². The first kappa shape index (κ1) is 24.7. The number of hydrogen-bond acceptors (Lipinski definition) is 4. The zero-order chi connectivity index (χ0) is 22.0. The van der Waals surface area contributed by atoms with Crippen molar-refractivity contribution in [2.45, 2.75) is 63.8 Å². The van der Waals surface area contributed by atoms with E-state index in [9.17, 15) is 8.42 Å². The van der Waals surface area contributed by atoms with Gasteiger partial charge in [0, 0.05) is 25.4 Å². The summed E-state index contributed by atoms with van der Waals surface area (Å²) in [7, 11) is -3.14. The van der Waals surface area contributed by atoms with Crippen LogP contribution in [0.25, 0.3) is 0 Å². The SMILES string of the molecule is CCNC(=NCC(C(CC)CC)N1CCCC1)NCCc1ccc(S(C)(=O)=O)cc1. The Kier molecular flexibility index (Phi) is 10.1. The average Bonchev–Trinajstić information content (AvgIpc) is 3.25. The summed E-state index contributed by atoms with van der Waals surface area (Å²) < 4.78 is 23.2. The minimum atomic E-state index is -3.14. The lowest BCUT2D eigenvalue weighted by molar-refractivity contribution is 0.172. The van der Waals surface area contributed by atoms with Gasteiger partial charge in [-0.15, -0.1) is 0 Å². The molecule has 1 atom stereocenters. The van der Waals surface area contributed by atoms with E-state index in [1.54, 1.807) is 12.1 Å². The first-order valence-electron chi connectivity index (χ1n) is 11.4. The number of guanidine groups is 1. The van der Waals surface area contributed by atoms with E-state index in [0.29, 0.717) is 16.9 Å². The second-order valence-corrected chi connectivity index (χ2v) is 10.2. The summed E-state index contributed by atoms with van der Waals surface area (Å²) in [6.45, 7) is 11.5. The molecule has 1 saturated heterocycles. The van der Waals surface area contributed by atoms with Gasteiger partial charge in [-0.2, -0.15) is 0 Å². The maximum atomic E-state index is 11.6. The number of hydrogen-bond donors (Lipinski definition) is 2. The van der Waals surface area contributed by atoms with E-state index < -0.39 is 9.84 Å². The zero-order valence-corrected chi connectivity index (χ0v) is 20.0. The highest BCUT2D eigenvalue weighted by molar-refractivity contribution is 7.90. The predicted molar refractivity (Wildman–Crippen MR) is 126 cm³/mol. The fourth-order valence-electron chi connectivity index (χ4n) is 4.22. The summed E-state index contributed by atoms with van der Waals surface area (Å²) in [4.78, 5) is 7.92. The summed E-state index contributed by atoms with van der Waals surface area (Å²) in [5.41, 5.74) is 1.11. The van der Waals surface area contributed by atoms with Gasteiger partial charge >= 0.3 is 0 Å². The molecule has 1 aliphatic rings. The minimum absolute atomic E-state index is 0.364. The minimum Gasteiger partial charge on any atom is -0.357 e. The molecule has 1 fully saturated rings. The van der Waals surface area contributed by atoms with E-state index in [1.807, 2.05) is 12.1 Å². The summed E-state index contributed by atoms with van der Waals surface area (Å²) in [6.07, 6.45) is 7.05. The van der Waals surface area contributed by atoms with E-state index in [4.69, 9.17) is 4.99 Å². The number of nitrogens with zero attached hydrogens (tertiary/aromatic N) is 2. The van der Waals surface area contributed by atoms with Gasteiger partial charge in [0.25, 0.3) is 0 Å². The molecule has 0 radical (unpaired) electrons. The Bertz CT molecular complexity index is 750. The van der Waals surface area contributed by atoms with Crippen LogP contribution in [-0.2, 0) is 16.3 Å². The summed E-state index contributed by atoms with van der Waals surface area (Å²) >= 11 is 0. The maximum absolute atomic E-state index is 11.6. The lowest BCUT2D eigenvalue weighted by atomic mass is 9.93. The summed E-state index contributed by atoms with van der Waals surface area (Å²) in [5.74, 6) is 1.54. The van der Waals surface area contributed by atoms with Crippen molar-refractivity contribution in [3.63, 3.8) is 0 Å². The van der Waals surface area contributed by atoms with Gasteiger partial charge in [-0.1, -0.05) is 38.8 Å². The van der Waals surface area contributed by atoms with E-state index >= 15 is 0 Å². The Balaban J connectivity index is 1.95. The molecule has 1 heterocycles. The lowest BCUT2D eigenvalue weighted by Gasteiger charge is -2.32. The Morgan fingerprint density at radius 3 is 2.23 bits per heavy atom. The normalized spacial score (nSPS) is 16.8. The number of rotatable bonds is 11. The molecule has 2 N–H and O–H groups in total. The van der Waals surface area contributed by atoms with Crippen LogP contribution in [0.2, 0.25) is 0 Å².